The van der Waals surface area contributed by atoms with Crippen LogP contribution >= 0.6 is 0 Å². The highest BCUT2D eigenvalue weighted by Gasteiger charge is 2.19. The summed E-state index contributed by atoms with van der Waals surface area (Å²) in [6.45, 7) is 6.63. The van der Waals surface area contributed by atoms with Gasteiger partial charge in [0.05, 0.1) is 0 Å². The first-order valence-corrected chi connectivity index (χ1v) is 30.5. The van der Waals surface area contributed by atoms with Crippen LogP contribution in [0.2, 0.25) is 0 Å². The molecule has 0 radical (unpaired) electrons. The average Bonchev–Trinajstić information content (AvgIpc) is 3.33. The molecular formula is C61H118O6. The second-order valence-corrected chi connectivity index (χ2v) is 21.0. The monoisotopic (exact) mass is 947 g/mol. The van der Waals surface area contributed by atoms with Gasteiger partial charge in [-0.3, -0.25) is 14.4 Å². The summed E-state index contributed by atoms with van der Waals surface area (Å²) in [5.41, 5.74) is 0. The van der Waals surface area contributed by atoms with Gasteiger partial charge in [-0.2, -0.15) is 0 Å². The van der Waals surface area contributed by atoms with E-state index in [1.165, 1.54) is 250 Å². The molecule has 0 aromatic carbocycles. The Hall–Kier alpha value is -1.59. The molecule has 0 fully saturated rings. The van der Waals surface area contributed by atoms with Gasteiger partial charge in [-0.1, -0.05) is 316 Å². The van der Waals surface area contributed by atoms with Crippen molar-refractivity contribution in [1.29, 1.82) is 0 Å². The lowest BCUT2D eigenvalue weighted by atomic mass is 10.0. The molecule has 0 N–H and O–H groups in total. The molecule has 0 amide bonds. The van der Waals surface area contributed by atoms with E-state index in [2.05, 4.69) is 20.8 Å². The predicted molar refractivity (Wildman–Crippen MR) is 289 cm³/mol. The van der Waals surface area contributed by atoms with Crippen molar-refractivity contribution in [2.75, 3.05) is 13.2 Å². The minimum Gasteiger partial charge on any atom is -0.462 e. The van der Waals surface area contributed by atoms with Gasteiger partial charge in [0.25, 0.3) is 0 Å². The van der Waals surface area contributed by atoms with Crippen molar-refractivity contribution in [3.8, 4) is 0 Å². The van der Waals surface area contributed by atoms with Crippen LogP contribution in [0.15, 0.2) is 0 Å². The van der Waals surface area contributed by atoms with Gasteiger partial charge in [-0.05, 0) is 19.3 Å². The fourth-order valence-electron chi connectivity index (χ4n) is 9.51. The molecule has 0 aromatic heterocycles. The summed E-state index contributed by atoms with van der Waals surface area (Å²) in [7, 11) is 0. The fourth-order valence-corrected chi connectivity index (χ4v) is 9.51. The standard InChI is InChI=1S/C61H118O6/c1-4-7-10-13-15-17-19-21-23-25-27-29-30-31-32-34-35-37-39-41-43-45-48-51-54-60(63)66-57-58(56-65-59(62)53-50-47-12-9-6-3)67-61(64)55-52-49-46-44-42-40-38-36-33-28-26-24-22-20-18-16-14-11-8-5-2/h58H,4-57H2,1-3H3. The maximum atomic E-state index is 12.8. The predicted octanol–water partition coefficient (Wildman–Crippen LogP) is 20.3. The number of carbonyl (C=O) groups is 3. The van der Waals surface area contributed by atoms with Crippen molar-refractivity contribution in [2.45, 2.75) is 361 Å². The largest absolute Gasteiger partial charge is 0.462 e. The Bertz CT molecular complexity index is 998. The summed E-state index contributed by atoms with van der Waals surface area (Å²) in [5, 5.41) is 0. The number of hydrogen-bond donors (Lipinski definition) is 0. The number of rotatable bonds is 57. The maximum absolute atomic E-state index is 12.8. The van der Waals surface area contributed by atoms with Crippen LogP contribution in [0.5, 0.6) is 0 Å². The molecule has 6 nitrogen and oxygen atoms in total. The van der Waals surface area contributed by atoms with Gasteiger partial charge >= 0.3 is 17.9 Å². The van der Waals surface area contributed by atoms with Gasteiger partial charge in [0.2, 0.25) is 0 Å². The zero-order valence-electron chi connectivity index (χ0n) is 45.7. The zero-order valence-corrected chi connectivity index (χ0v) is 45.7. The van der Waals surface area contributed by atoms with Crippen molar-refractivity contribution in [1.82, 2.24) is 0 Å². The zero-order chi connectivity index (χ0) is 48.6. The summed E-state index contributed by atoms with van der Waals surface area (Å²) >= 11 is 0. The molecule has 0 saturated carbocycles. The van der Waals surface area contributed by atoms with E-state index in [0.717, 1.165) is 64.2 Å². The van der Waals surface area contributed by atoms with E-state index < -0.39 is 6.10 Å². The van der Waals surface area contributed by atoms with Crippen molar-refractivity contribution in [2.24, 2.45) is 0 Å². The number of hydrogen-bond acceptors (Lipinski definition) is 6. The second-order valence-electron chi connectivity index (χ2n) is 21.0. The van der Waals surface area contributed by atoms with Gasteiger partial charge in [0, 0.05) is 19.3 Å². The van der Waals surface area contributed by atoms with Crippen LogP contribution in [0.1, 0.15) is 355 Å². The minimum absolute atomic E-state index is 0.0625. The molecular weight excluding hydrogens is 829 g/mol. The Morgan fingerprint density at radius 1 is 0.239 bits per heavy atom. The fraction of sp³-hybridized carbons (Fsp3) is 0.951. The summed E-state index contributed by atoms with van der Waals surface area (Å²) in [5.74, 6) is -0.849. The van der Waals surface area contributed by atoms with Crippen LogP contribution in [0.4, 0.5) is 0 Å². The average molecular weight is 948 g/mol. The molecule has 0 aliphatic carbocycles. The van der Waals surface area contributed by atoms with Gasteiger partial charge in [-0.15, -0.1) is 0 Å². The molecule has 398 valence electrons. The lowest BCUT2D eigenvalue weighted by Crippen LogP contribution is -2.30. The highest BCUT2D eigenvalue weighted by Crippen LogP contribution is 2.18. The SMILES string of the molecule is CCCCCCCCCCCCCCCCCCCCCCCCCCC(=O)OCC(COC(=O)CCCCCCC)OC(=O)CCCCCCCCCCCCCCCCCCCCCC. The van der Waals surface area contributed by atoms with Crippen molar-refractivity contribution >= 4 is 17.9 Å². The summed E-state index contributed by atoms with van der Waals surface area (Å²) in [6.07, 6.45) is 64.4. The number of unbranched alkanes of at least 4 members (excludes halogenated alkanes) is 46. The van der Waals surface area contributed by atoms with Crippen molar-refractivity contribution in [3.05, 3.63) is 0 Å². The number of ether oxygens (including phenoxy) is 3. The second kappa shape index (κ2) is 57.0. The molecule has 0 spiro atoms. The molecule has 1 atom stereocenters. The van der Waals surface area contributed by atoms with E-state index in [9.17, 15) is 14.4 Å². The highest BCUT2D eigenvalue weighted by molar-refractivity contribution is 5.71. The Morgan fingerprint density at radius 3 is 0.597 bits per heavy atom. The number of carbonyl (C=O) groups excluding carboxylic acids is 3. The highest BCUT2D eigenvalue weighted by atomic mass is 16.6. The summed E-state index contributed by atoms with van der Waals surface area (Å²) < 4.78 is 16.8. The summed E-state index contributed by atoms with van der Waals surface area (Å²) in [4.78, 5) is 37.8. The Labute approximate surface area is 418 Å². The normalized spacial score (nSPS) is 11.9. The molecule has 0 aromatic rings. The van der Waals surface area contributed by atoms with E-state index in [1.807, 2.05) is 0 Å². The van der Waals surface area contributed by atoms with Crippen molar-refractivity contribution < 1.29 is 28.6 Å². The molecule has 0 saturated heterocycles. The Morgan fingerprint density at radius 2 is 0.403 bits per heavy atom. The molecule has 0 heterocycles. The molecule has 0 aliphatic heterocycles. The van der Waals surface area contributed by atoms with Gasteiger partial charge in [0.1, 0.15) is 13.2 Å². The molecule has 0 bridgehead atoms. The van der Waals surface area contributed by atoms with Crippen LogP contribution in [0.3, 0.4) is 0 Å². The van der Waals surface area contributed by atoms with E-state index in [-0.39, 0.29) is 31.1 Å². The first-order valence-electron chi connectivity index (χ1n) is 30.5. The Balaban J connectivity index is 3.98. The lowest BCUT2D eigenvalue weighted by molar-refractivity contribution is -0.167. The lowest BCUT2D eigenvalue weighted by Gasteiger charge is -2.18. The van der Waals surface area contributed by atoms with Crippen LogP contribution < -0.4 is 0 Å². The third-order valence-electron chi connectivity index (χ3n) is 14.1. The maximum Gasteiger partial charge on any atom is 0.306 e. The topological polar surface area (TPSA) is 78.9 Å². The smallest absolute Gasteiger partial charge is 0.306 e. The van der Waals surface area contributed by atoms with Crippen LogP contribution in [-0.4, -0.2) is 37.2 Å². The number of esters is 3. The van der Waals surface area contributed by atoms with Crippen molar-refractivity contribution in [3.63, 3.8) is 0 Å². The van der Waals surface area contributed by atoms with E-state index in [1.54, 1.807) is 0 Å². The first kappa shape index (κ1) is 65.4. The quantitative estimate of drug-likeness (QED) is 0.0343. The molecule has 6 heteroatoms. The van der Waals surface area contributed by atoms with Crippen LogP contribution in [0, 0.1) is 0 Å². The molecule has 67 heavy (non-hydrogen) atoms. The Kier molecular flexibility index (Phi) is 55.6. The third-order valence-corrected chi connectivity index (χ3v) is 14.1. The van der Waals surface area contributed by atoms with Crippen LogP contribution in [0.25, 0.3) is 0 Å². The minimum atomic E-state index is -0.759. The molecule has 0 aliphatic rings. The van der Waals surface area contributed by atoms with Gasteiger partial charge < -0.3 is 14.2 Å². The van der Waals surface area contributed by atoms with E-state index in [0.29, 0.717) is 19.3 Å². The van der Waals surface area contributed by atoms with Crippen LogP contribution in [-0.2, 0) is 28.6 Å². The molecule has 1 unspecified atom stereocenters. The molecule has 0 rings (SSSR count). The first-order chi connectivity index (χ1) is 33.0. The summed E-state index contributed by atoms with van der Waals surface area (Å²) in [6, 6.07) is 0. The van der Waals surface area contributed by atoms with E-state index in [4.69, 9.17) is 14.2 Å². The van der Waals surface area contributed by atoms with Gasteiger partial charge in [0.15, 0.2) is 6.10 Å². The van der Waals surface area contributed by atoms with Gasteiger partial charge in [-0.25, -0.2) is 0 Å². The van der Waals surface area contributed by atoms with E-state index >= 15 is 0 Å². The third kappa shape index (κ3) is 55.2.